The molecular formula is C18H16N4O3. The van der Waals surface area contributed by atoms with E-state index in [0.29, 0.717) is 25.5 Å². The van der Waals surface area contributed by atoms with Crippen LogP contribution < -0.4 is 14.8 Å². The van der Waals surface area contributed by atoms with Crippen LogP contribution in [0.2, 0.25) is 0 Å². The van der Waals surface area contributed by atoms with Gasteiger partial charge in [-0.15, -0.1) is 5.10 Å². The van der Waals surface area contributed by atoms with Crippen LogP contribution in [0.5, 0.6) is 11.5 Å². The number of aromatic nitrogens is 3. The highest BCUT2D eigenvalue weighted by Gasteiger charge is 2.14. The molecule has 0 saturated carbocycles. The lowest BCUT2D eigenvalue weighted by molar-refractivity contribution is 0.0945. The molecule has 0 saturated heterocycles. The maximum atomic E-state index is 12.3. The van der Waals surface area contributed by atoms with Crippen molar-refractivity contribution in [2.45, 2.75) is 6.54 Å². The number of benzene rings is 2. The van der Waals surface area contributed by atoms with Gasteiger partial charge in [0.1, 0.15) is 13.2 Å². The maximum Gasteiger partial charge on any atom is 0.273 e. The molecule has 1 N–H and O–H groups in total. The number of rotatable bonds is 4. The third-order valence-electron chi connectivity index (χ3n) is 3.77. The molecule has 0 radical (unpaired) electrons. The molecular weight excluding hydrogens is 320 g/mol. The average molecular weight is 336 g/mol. The Bertz CT molecular complexity index is 892. The second-order valence-corrected chi connectivity index (χ2v) is 5.52. The predicted octanol–water partition coefficient (Wildman–Crippen LogP) is 1.97. The molecule has 0 spiro atoms. The van der Waals surface area contributed by atoms with Crippen molar-refractivity contribution in [3.8, 4) is 17.2 Å². The summed E-state index contributed by atoms with van der Waals surface area (Å²) in [6, 6.07) is 15.0. The zero-order valence-electron chi connectivity index (χ0n) is 13.4. The van der Waals surface area contributed by atoms with Gasteiger partial charge in [-0.05, 0) is 29.8 Å². The second kappa shape index (κ2) is 6.64. The van der Waals surface area contributed by atoms with Crippen LogP contribution >= 0.6 is 0 Å². The molecule has 2 heterocycles. The fourth-order valence-electron chi connectivity index (χ4n) is 2.52. The summed E-state index contributed by atoms with van der Waals surface area (Å²) in [6.07, 6.45) is 1.45. The van der Waals surface area contributed by atoms with E-state index in [1.807, 2.05) is 48.5 Å². The van der Waals surface area contributed by atoms with Crippen LogP contribution in [0.25, 0.3) is 5.69 Å². The van der Waals surface area contributed by atoms with Gasteiger partial charge in [-0.1, -0.05) is 24.3 Å². The van der Waals surface area contributed by atoms with E-state index in [2.05, 4.69) is 15.5 Å². The minimum absolute atomic E-state index is 0.265. The maximum absolute atomic E-state index is 12.3. The Morgan fingerprint density at radius 3 is 2.72 bits per heavy atom. The number of fused-ring (bicyclic) bond motifs is 1. The molecule has 1 aliphatic heterocycles. The number of nitrogens with zero attached hydrogens (tertiary/aromatic N) is 3. The standard InChI is InChI=1S/C18H16N4O3/c23-18(15-12-20-22(21-15)14-4-2-1-3-5-14)19-11-13-6-7-16-17(10-13)25-9-8-24-16/h1-7,10,12H,8-9,11H2,(H,19,23). The van der Waals surface area contributed by atoms with Crippen LogP contribution in [0.3, 0.4) is 0 Å². The monoisotopic (exact) mass is 336 g/mol. The lowest BCUT2D eigenvalue weighted by atomic mass is 10.2. The first-order valence-electron chi connectivity index (χ1n) is 7.94. The van der Waals surface area contributed by atoms with Gasteiger partial charge in [-0.25, -0.2) is 0 Å². The van der Waals surface area contributed by atoms with E-state index in [1.54, 1.807) is 0 Å². The molecule has 0 fully saturated rings. The molecule has 0 unspecified atom stereocenters. The van der Waals surface area contributed by atoms with Gasteiger partial charge >= 0.3 is 0 Å². The summed E-state index contributed by atoms with van der Waals surface area (Å²) in [5.41, 5.74) is 1.99. The fourth-order valence-corrected chi connectivity index (χ4v) is 2.52. The van der Waals surface area contributed by atoms with Gasteiger partial charge in [0, 0.05) is 6.54 Å². The van der Waals surface area contributed by atoms with Crippen LogP contribution in [0.1, 0.15) is 16.1 Å². The highest BCUT2D eigenvalue weighted by molar-refractivity contribution is 5.91. The number of nitrogens with one attached hydrogen (secondary N) is 1. The number of para-hydroxylation sites is 1. The summed E-state index contributed by atoms with van der Waals surface area (Å²) in [5.74, 6) is 1.15. The third kappa shape index (κ3) is 3.30. The molecule has 1 aliphatic rings. The highest BCUT2D eigenvalue weighted by Crippen LogP contribution is 2.30. The number of carbonyl (C=O) groups excluding carboxylic acids is 1. The van der Waals surface area contributed by atoms with E-state index in [4.69, 9.17) is 9.47 Å². The molecule has 0 atom stereocenters. The average Bonchev–Trinajstić information content (AvgIpc) is 3.17. The molecule has 0 bridgehead atoms. The minimum atomic E-state index is -0.280. The molecule has 2 aromatic carbocycles. The van der Waals surface area contributed by atoms with Crippen LogP contribution in [-0.4, -0.2) is 34.1 Å². The van der Waals surface area contributed by atoms with Crippen molar-refractivity contribution in [1.82, 2.24) is 20.3 Å². The second-order valence-electron chi connectivity index (χ2n) is 5.52. The van der Waals surface area contributed by atoms with Crippen LogP contribution in [0, 0.1) is 0 Å². The van der Waals surface area contributed by atoms with Crippen molar-refractivity contribution in [1.29, 1.82) is 0 Å². The van der Waals surface area contributed by atoms with Gasteiger partial charge in [0.2, 0.25) is 0 Å². The van der Waals surface area contributed by atoms with Gasteiger partial charge in [0.25, 0.3) is 5.91 Å². The number of hydrogen-bond acceptors (Lipinski definition) is 5. The fraction of sp³-hybridized carbons (Fsp3) is 0.167. The van der Waals surface area contributed by atoms with E-state index in [-0.39, 0.29) is 11.6 Å². The van der Waals surface area contributed by atoms with Crippen LogP contribution in [0.15, 0.2) is 54.7 Å². The smallest absolute Gasteiger partial charge is 0.273 e. The first-order valence-corrected chi connectivity index (χ1v) is 7.94. The van der Waals surface area contributed by atoms with E-state index >= 15 is 0 Å². The Morgan fingerprint density at radius 1 is 1.08 bits per heavy atom. The topological polar surface area (TPSA) is 78.3 Å². The Kier molecular flexibility index (Phi) is 4.04. The van der Waals surface area contributed by atoms with Crippen molar-refractivity contribution in [3.63, 3.8) is 0 Å². The molecule has 0 aliphatic carbocycles. The largest absolute Gasteiger partial charge is 0.486 e. The summed E-state index contributed by atoms with van der Waals surface area (Å²) in [5, 5.41) is 11.2. The zero-order valence-corrected chi connectivity index (χ0v) is 13.4. The SMILES string of the molecule is O=C(NCc1ccc2c(c1)OCCO2)c1cnn(-c2ccccc2)n1. The number of carbonyl (C=O) groups is 1. The number of amides is 1. The van der Waals surface area contributed by atoms with Crippen molar-refractivity contribution >= 4 is 5.91 Å². The molecule has 7 heteroatoms. The number of ether oxygens (including phenoxy) is 2. The third-order valence-corrected chi connectivity index (χ3v) is 3.77. The zero-order chi connectivity index (χ0) is 17.1. The Labute approximate surface area is 144 Å². The van der Waals surface area contributed by atoms with E-state index in [9.17, 15) is 4.79 Å². The Hall–Kier alpha value is -3.35. The first kappa shape index (κ1) is 15.2. The molecule has 126 valence electrons. The lowest BCUT2D eigenvalue weighted by Crippen LogP contribution is -2.23. The van der Waals surface area contributed by atoms with Gasteiger partial charge in [0.15, 0.2) is 17.2 Å². The molecule has 3 aromatic rings. The van der Waals surface area contributed by atoms with Crippen molar-refractivity contribution in [3.05, 3.63) is 66.0 Å². The Balaban J connectivity index is 1.42. The summed E-state index contributed by atoms with van der Waals surface area (Å²) in [7, 11) is 0. The molecule has 7 nitrogen and oxygen atoms in total. The molecule has 25 heavy (non-hydrogen) atoms. The summed E-state index contributed by atoms with van der Waals surface area (Å²) in [4.78, 5) is 13.7. The summed E-state index contributed by atoms with van der Waals surface area (Å²) in [6.45, 7) is 1.46. The van der Waals surface area contributed by atoms with Crippen molar-refractivity contribution in [2.75, 3.05) is 13.2 Å². The van der Waals surface area contributed by atoms with Crippen LogP contribution in [0.4, 0.5) is 0 Å². The summed E-state index contributed by atoms with van der Waals surface area (Å²) >= 11 is 0. The van der Waals surface area contributed by atoms with Crippen molar-refractivity contribution < 1.29 is 14.3 Å². The van der Waals surface area contributed by atoms with E-state index in [1.165, 1.54) is 11.0 Å². The van der Waals surface area contributed by atoms with Gasteiger partial charge < -0.3 is 14.8 Å². The van der Waals surface area contributed by atoms with E-state index < -0.39 is 0 Å². The minimum Gasteiger partial charge on any atom is -0.486 e. The lowest BCUT2D eigenvalue weighted by Gasteiger charge is -2.18. The summed E-state index contributed by atoms with van der Waals surface area (Å²) < 4.78 is 11.0. The van der Waals surface area contributed by atoms with Crippen molar-refractivity contribution in [2.24, 2.45) is 0 Å². The van der Waals surface area contributed by atoms with Gasteiger partial charge in [0.05, 0.1) is 11.9 Å². The highest BCUT2D eigenvalue weighted by atomic mass is 16.6. The molecule has 1 amide bonds. The Morgan fingerprint density at radius 2 is 1.88 bits per heavy atom. The quantitative estimate of drug-likeness (QED) is 0.788. The first-order chi connectivity index (χ1) is 12.3. The molecule has 4 rings (SSSR count). The predicted molar refractivity (Wildman–Crippen MR) is 90.0 cm³/mol. The van der Waals surface area contributed by atoms with E-state index in [0.717, 1.165) is 17.0 Å². The van der Waals surface area contributed by atoms with Gasteiger partial charge in [-0.3, -0.25) is 4.79 Å². The molecule has 1 aromatic heterocycles. The number of hydrogen-bond donors (Lipinski definition) is 1. The van der Waals surface area contributed by atoms with Gasteiger partial charge in [-0.2, -0.15) is 9.90 Å². The normalized spacial score (nSPS) is 12.6. The van der Waals surface area contributed by atoms with Crippen LogP contribution in [-0.2, 0) is 6.54 Å².